The Morgan fingerprint density at radius 2 is 1.57 bits per heavy atom. The molecule has 2 aromatic rings. The largest absolute Gasteiger partial charge is 0.464 e. The van der Waals surface area contributed by atoms with Crippen molar-refractivity contribution in [3.8, 4) is 0 Å². The minimum Gasteiger partial charge on any atom is -0.464 e. The van der Waals surface area contributed by atoms with Gasteiger partial charge in [0.25, 0.3) is 0 Å². The van der Waals surface area contributed by atoms with Crippen LogP contribution in [0, 0.1) is 0 Å². The van der Waals surface area contributed by atoms with Crippen LogP contribution in [0.15, 0.2) is 71.4 Å². The molecule has 0 aliphatic carbocycles. The summed E-state index contributed by atoms with van der Waals surface area (Å²) in [5.41, 5.74) is 12.3. The fourth-order valence-corrected chi connectivity index (χ4v) is 2.47. The summed E-state index contributed by atoms with van der Waals surface area (Å²) >= 11 is 0. The van der Waals surface area contributed by atoms with Crippen LogP contribution in [0.5, 0.6) is 0 Å². The molecule has 0 radical (unpaired) electrons. The Balaban J connectivity index is 2.21. The molecule has 0 unspecified atom stereocenters. The van der Waals surface area contributed by atoms with Crippen molar-refractivity contribution in [1.29, 1.82) is 0 Å². The molecule has 1 heterocycles. The van der Waals surface area contributed by atoms with E-state index in [-0.39, 0.29) is 11.4 Å². The van der Waals surface area contributed by atoms with Gasteiger partial charge in [-0.05, 0) is 5.56 Å². The highest BCUT2D eigenvalue weighted by atomic mass is 16.5. The number of aliphatic imine (C=N–C) groups is 1. The lowest BCUT2D eigenvalue weighted by atomic mass is 9.96. The summed E-state index contributed by atoms with van der Waals surface area (Å²) in [5.74, 6) is -0.573. The minimum atomic E-state index is -0.573. The predicted molar refractivity (Wildman–Crippen MR) is 87.0 cm³/mol. The van der Waals surface area contributed by atoms with Crippen LogP contribution in [0.25, 0.3) is 11.1 Å². The first-order valence-electron chi connectivity index (χ1n) is 7.01. The number of carbonyl (C=O) groups excluding carboxylic acids is 1. The SMILES string of the molecule is COC(=O)C1=C(c2ccccc2)C(=[N+]=[N-])C(c2ccccc2)=N1. The maximum absolute atomic E-state index is 12.1. The summed E-state index contributed by atoms with van der Waals surface area (Å²) < 4.78 is 4.82. The summed E-state index contributed by atoms with van der Waals surface area (Å²) in [6, 6.07) is 18.5. The average Bonchev–Trinajstić information content (AvgIpc) is 3.02. The highest BCUT2D eigenvalue weighted by molar-refractivity contribution is 6.63. The van der Waals surface area contributed by atoms with E-state index in [0.717, 1.165) is 11.1 Å². The van der Waals surface area contributed by atoms with Gasteiger partial charge in [0.1, 0.15) is 5.57 Å². The van der Waals surface area contributed by atoms with Gasteiger partial charge in [0.15, 0.2) is 11.4 Å². The first kappa shape index (κ1) is 14.6. The molecule has 112 valence electrons. The second kappa shape index (κ2) is 6.22. The molecule has 0 amide bonds. The smallest absolute Gasteiger partial charge is 0.357 e. The first-order chi connectivity index (χ1) is 11.3. The van der Waals surface area contributed by atoms with E-state index in [1.165, 1.54) is 7.11 Å². The zero-order valence-electron chi connectivity index (χ0n) is 12.4. The Morgan fingerprint density at radius 3 is 2.09 bits per heavy atom. The minimum absolute atomic E-state index is 0.130. The Hall–Kier alpha value is -3.30. The van der Waals surface area contributed by atoms with Gasteiger partial charge in [-0.3, -0.25) is 0 Å². The zero-order valence-corrected chi connectivity index (χ0v) is 12.4. The summed E-state index contributed by atoms with van der Waals surface area (Å²) in [5, 5.41) is 0. The molecule has 0 saturated heterocycles. The maximum Gasteiger partial charge on any atom is 0.357 e. The molecule has 0 spiro atoms. The molecule has 5 heteroatoms. The van der Waals surface area contributed by atoms with Crippen molar-refractivity contribution in [2.24, 2.45) is 4.99 Å². The monoisotopic (exact) mass is 303 g/mol. The van der Waals surface area contributed by atoms with E-state index in [4.69, 9.17) is 4.74 Å². The Kier molecular flexibility index (Phi) is 3.95. The second-order valence-electron chi connectivity index (χ2n) is 4.86. The summed E-state index contributed by atoms with van der Waals surface area (Å²) in [6.45, 7) is 0. The van der Waals surface area contributed by atoms with Crippen molar-refractivity contribution in [3.05, 3.63) is 83.0 Å². The third kappa shape index (κ3) is 2.61. The molecule has 0 N–H and O–H groups in total. The lowest BCUT2D eigenvalue weighted by Gasteiger charge is -2.01. The standard InChI is InChI=1S/C18H13N3O2/c1-23-18(22)17-14(12-8-4-2-5-9-12)16(21-19)15(20-17)13-10-6-3-7-11-13/h2-11H,1H3. The fourth-order valence-electron chi connectivity index (χ4n) is 2.47. The molecule has 2 aromatic carbocycles. The van der Waals surface area contributed by atoms with Crippen molar-refractivity contribution in [2.75, 3.05) is 7.11 Å². The number of allylic oxidation sites excluding steroid dienone is 1. The number of rotatable bonds is 3. The molecule has 0 fully saturated rings. The van der Waals surface area contributed by atoms with E-state index in [9.17, 15) is 10.3 Å². The van der Waals surface area contributed by atoms with Crippen LogP contribution in [-0.2, 0) is 9.53 Å². The van der Waals surface area contributed by atoms with Crippen LogP contribution in [0.2, 0.25) is 0 Å². The molecular formula is C18H13N3O2. The quantitative estimate of drug-likeness (QED) is 0.496. The topological polar surface area (TPSA) is 75.1 Å². The highest BCUT2D eigenvalue weighted by Gasteiger charge is 2.37. The van der Waals surface area contributed by atoms with Crippen LogP contribution in [0.1, 0.15) is 11.1 Å². The lowest BCUT2D eigenvalue weighted by Crippen LogP contribution is -2.15. The second-order valence-corrected chi connectivity index (χ2v) is 4.86. The lowest BCUT2D eigenvalue weighted by molar-refractivity contribution is -0.136. The van der Waals surface area contributed by atoms with Crippen molar-refractivity contribution in [1.82, 2.24) is 0 Å². The van der Waals surface area contributed by atoms with Crippen molar-refractivity contribution in [2.45, 2.75) is 0 Å². The number of methoxy groups -OCH3 is 1. The summed E-state index contributed by atoms with van der Waals surface area (Å²) in [6.07, 6.45) is 0. The molecule has 0 atom stereocenters. The summed E-state index contributed by atoms with van der Waals surface area (Å²) in [4.78, 5) is 19.9. The molecule has 0 bridgehead atoms. The molecule has 1 aliphatic rings. The Labute approximate surface area is 133 Å². The van der Waals surface area contributed by atoms with Gasteiger partial charge in [0.2, 0.25) is 0 Å². The maximum atomic E-state index is 12.1. The van der Waals surface area contributed by atoms with E-state index in [0.29, 0.717) is 11.3 Å². The third-order valence-corrected chi connectivity index (χ3v) is 3.51. The number of benzene rings is 2. The fraction of sp³-hybridized carbons (Fsp3) is 0.0556. The third-order valence-electron chi connectivity index (χ3n) is 3.51. The van der Waals surface area contributed by atoms with Crippen LogP contribution >= 0.6 is 0 Å². The van der Waals surface area contributed by atoms with E-state index < -0.39 is 5.97 Å². The number of hydrogen-bond donors (Lipinski definition) is 0. The van der Waals surface area contributed by atoms with Gasteiger partial charge in [-0.1, -0.05) is 60.7 Å². The number of ether oxygens (including phenoxy) is 1. The zero-order chi connectivity index (χ0) is 16.2. The number of esters is 1. The van der Waals surface area contributed by atoms with E-state index in [1.807, 2.05) is 60.7 Å². The van der Waals surface area contributed by atoms with Crippen LogP contribution in [-0.4, -0.2) is 29.3 Å². The Morgan fingerprint density at radius 1 is 1.00 bits per heavy atom. The van der Waals surface area contributed by atoms with E-state index in [1.54, 1.807) is 0 Å². The van der Waals surface area contributed by atoms with E-state index in [2.05, 4.69) is 9.78 Å². The summed E-state index contributed by atoms with van der Waals surface area (Å²) in [7, 11) is 1.30. The van der Waals surface area contributed by atoms with Crippen LogP contribution in [0.3, 0.4) is 0 Å². The number of hydrogen-bond acceptors (Lipinski definition) is 3. The molecular weight excluding hydrogens is 290 g/mol. The van der Waals surface area contributed by atoms with Crippen molar-refractivity contribution >= 4 is 23.0 Å². The molecule has 23 heavy (non-hydrogen) atoms. The van der Waals surface area contributed by atoms with E-state index >= 15 is 0 Å². The van der Waals surface area contributed by atoms with Crippen molar-refractivity contribution in [3.63, 3.8) is 0 Å². The van der Waals surface area contributed by atoms with Gasteiger partial charge in [-0.2, -0.15) is 4.79 Å². The van der Waals surface area contributed by atoms with Gasteiger partial charge < -0.3 is 10.3 Å². The number of nitrogens with zero attached hydrogens (tertiary/aromatic N) is 3. The molecule has 0 saturated carbocycles. The van der Waals surface area contributed by atoms with Gasteiger partial charge in [-0.25, -0.2) is 9.79 Å². The highest BCUT2D eigenvalue weighted by Crippen LogP contribution is 2.29. The molecule has 5 nitrogen and oxygen atoms in total. The van der Waals surface area contributed by atoms with Gasteiger partial charge in [-0.15, -0.1) is 0 Å². The molecule has 1 aliphatic heterocycles. The molecule has 0 aromatic heterocycles. The van der Waals surface area contributed by atoms with Gasteiger partial charge >= 0.3 is 11.7 Å². The molecule has 3 rings (SSSR count). The predicted octanol–water partition coefficient (Wildman–Crippen LogP) is 2.74. The Bertz CT molecular complexity index is 862. The first-order valence-corrected chi connectivity index (χ1v) is 7.01. The normalized spacial score (nSPS) is 13.6. The number of carbonyl (C=O) groups is 1. The van der Waals surface area contributed by atoms with Gasteiger partial charge in [0, 0.05) is 5.56 Å². The van der Waals surface area contributed by atoms with Crippen LogP contribution in [0.4, 0.5) is 0 Å². The van der Waals surface area contributed by atoms with Crippen LogP contribution < -0.4 is 0 Å². The van der Waals surface area contributed by atoms with Crippen molar-refractivity contribution < 1.29 is 14.3 Å². The average molecular weight is 303 g/mol. The van der Waals surface area contributed by atoms with Gasteiger partial charge in [0.05, 0.1) is 7.11 Å².